The Bertz CT molecular complexity index is 3140. The first kappa shape index (κ1) is 31.6. The maximum absolute atomic E-state index is 5.14. The third-order valence-electron chi connectivity index (χ3n) is 10.9. The molecule has 55 heavy (non-hydrogen) atoms. The molecular formula is C51H33N3S. The van der Waals surface area contributed by atoms with Crippen molar-refractivity contribution in [1.82, 2.24) is 5.32 Å². The largest absolute Gasteiger partial charge is 0.344 e. The molecular weight excluding hydrogens is 687 g/mol. The Balaban J connectivity index is 1.12. The van der Waals surface area contributed by atoms with Crippen LogP contribution in [0.2, 0.25) is 0 Å². The lowest BCUT2D eigenvalue weighted by Gasteiger charge is -2.24. The van der Waals surface area contributed by atoms with Crippen molar-refractivity contribution >= 4 is 75.5 Å². The fourth-order valence-electron chi connectivity index (χ4n) is 8.33. The Labute approximate surface area is 322 Å². The highest BCUT2D eigenvalue weighted by Gasteiger charge is 2.23. The summed E-state index contributed by atoms with van der Waals surface area (Å²) in [6.07, 6.45) is -0.262. The van der Waals surface area contributed by atoms with Crippen molar-refractivity contribution in [2.24, 2.45) is 9.98 Å². The normalized spacial score (nSPS) is 14.4. The summed E-state index contributed by atoms with van der Waals surface area (Å²) in [5, 5.41) is 13.9. The van der Waals surface area contributed by atoms with E-state index in [4.69, 9.17) is 9.98 Å². The lowest BCUT2D eigenvalue weighted by molar-refractivity contribution is 0.674. The Morgan fingerprint density at radius 2 is 1.00 bits per heavy atom. The van der Waals surface area contributed by atoms with Gasteiger partial charge in [-0.3, -0.25) is 0 Å². The van der Waals surface area contributed by atoms with Crippen LogP contribution in [0, 0.1) is 0 Å². The van der Waals surface area contributed by atoms with Crippen LogP contribution in [0.1, 0.15) is 22.9 Å². The van der Waals surface area contributed by atoms with Gasteiger partial charge in [0.2, 0.25) is 0 Å². The molecule has 1 atom stereocenters. The lowest BCUT2D eigenvalue weighted by Crippen LogP contribution is -2.33. The molecule has 9 aromatic carbocycles. The highest BCUT2D eigenvalue weighted by Crippen LogP contribution is 2.46. The van der Waals surface area contributed by atoms with Gasteiger partial charge in [-0.2, -0.15) is 0 Å². The first-order valence-electron chi connectivity index (χ1n) is 18.7. The number of hydrogen-bond donors (Lipinski definition) is 1. The first-order chi connectivity index (χ1) is 27.3. The second-order valence-electron chi connectivity index (χ2n) is 14.1. The number of nitrogens with one attached hydrogen (secondary N) is 1. The average Bonchev–Trinajstić information content (AvgIpc) is 3.65. The monoisotopic (exact) mass is 719 g/mol. The standard InChI is InChI=1S/C51H33N3S/c1-3-14-32(15-4-1)49-52-50(33-16-5-2-6-17-33)54-51(53-49)36-19-13-18-34(30-36)37-28-29-44-43-24-11-12-25-46(43)55-48(44)47(37)35-26-27-42-40-22-8-7-20-38(40)39-21-9-10-23-41(39)45(42)31-35/h1-31,49H,(H,52,53,54). The Morgan fingerprint density at radius 1 is 0.418 bits per heavy atom. The fraction of sp³-hybridized carbons (Fsp3) is 0.0196. The van der Waals surface area contributed by atoms with E-state index in [-0.39, 0.29) is 6.17 Å². The number of nitrogens with zero attached hydrogens (tertiary/aromatic N) is 2. The molecule has 3 nitrogen and oxygen atoms in total. The summed E-state index contributed by atoms with van der Waals surface area (Å²) in [4.78, 5) is 10.2. The molecule has 0 saturated heterocycles. The van der Waals surface area contributed by atoms with E-state index in [1.165, 1.54) is 69.2 Å². The van der Waals surface area contributed by atoms with Gasteiger partial charge in [0.05, 0.1) is 0 Å². The summed E-state index contributed by atoms with van der Waals surface area (Å²) in [6.45, 7) is 0. The van der Waals surface area contributed by atoms with E-state index in [0.717, 1.165) is 33.9 Å². The topological polar surface area (TPSA) is 36.8 Å². The molecule has 0 aliphatic carbocycles. The van der Waals surface area contributed by atoms with Crippen LogP contribution in [0.15, 0.2) is 198 Å². The number of aliphatic imine (C=N–C) groups is 2. The zero-order valence-electron chi connectivity index (χ0n) is 29.8. The zero-order valence-corrected chi connectivity index (χ0v) is 30.6. The molecule has 0 radical (unpaired) electrons. The van der Waals surface area contributed by atoms with Crippen LogP contribution >= 0.6 is 11.3 Å². The van der Waals surface area contributed by atoms with E-state index < -0.39 is 0 Å². The van der Waals surface area contributed by atoms with Crippen molar-refractivity contribution in [3.8, 4) is 22.3 Å². The van der Waals surface area contributed by atoms with Gasteiger partial charge < -0.3 is 5.32 Å². The molecule has 0 saturated carbocycles. The van der Waals surface area contributed by atoms with Gasteiger partial charge in [-0.25, -0.2) is 9.98 Å². The highest BCUT2D eigenvalue weighted by molar-refractivity contribution is 7.26. The van der Waals surface area contributed by atoms with Crippen LogP contribution in [0.5, 0.6) is 0 Å². The molecule has 4 heteroatoms. The molecule has 1 aliphatic rings. The molecule has 0 spiro atoms. The van der Waals surface area contributed by atoms with Gasteiger partial charge in [-0.1, -0.05) is 170 Å². The van der Waals surface area contributed by atoms with Crippen LogP contribution in [-0.2, 0) is 0 Å². The van der Waals surface area contributed by atoms with Crippen LogP contribution in [0.3, 0.4) is 0 Å². The summed E-state index contributed by atoms with van der Waals surface area (Å²) in [7, 11) is 0. The third-order valence-corrected chi connectivity index (χ3v) is 12.1. The Kier molecular flexibility index (Phi) is 7.42. The SMILES string of the molecule is c1ccc(C2=NC(c3ccccc3)NC(c3cccc(-c4ccc5c(sc6ccccc65)c4-c4ccc5c6ccccc6c6ccccc6c5c4)c3)=N2)cc1. The van der Waals surface area contributed by atoms with E-state index in [2.05, 4.69) is 169 Å². The molecule has 1 unspecified atom stereocenters. The van der Waals surface area contributed by atoms with Crippen molar-refractivity contribution in [2.75, 3.05) is 0 Å². The summed E-state index contributed by atoms with van der Waals surface area (Å²) in [5.41, 5.74) is 7.89. The van der Waals surface area contributed by atoms with Crippen molar-refractivity contribution in [1.29, 1.82) is 0 Å². The first-order valence-corrected chi connectivity index (χ1v) is 19.5. The predicted octanol–water partition coefficient (Wildman–Crippen LogP) is 13.3. The van der Waals surface area contributed by atoms with Gasteiger partial charge in [-0.15, -0.1) is 11.3 Å². The molecule has 1 N–H and O–H groups in total. The molecule has 0 bridgehead atoms. The van der Waals surface area contributed by atoms with Crippen LogP contribution in [-0.4, -0.2) is 11.7 Å². The molecule has 0 fully saturated rings. The lowest BCUT2D eigenvalue weighted by atomic mass is 9.88. The summed E-state index contributed by atoms with van der Waals surface area (Å²) in [5.74, 6) is 1.52. The number of rotatable bonds is 5. The number of hydrogen-bond acceptors (Lipinski definition) is 4. The minimum atomic E-state index is -0.262. The Hall–Kier alpha value is -6.88. The molecule has 10 aromatic rings. The van der Waals surface area contributed by atoms with Gasteiger partial charge >= 0.3 is 0 Å². The molecule has 11 rings (SSSR count). The maximum atomic E-state index is 5.14. The number of fused-ring (bicyclic) bond motifs is 9. The number of thiophene rings is 1. The van der Waals surface area contributed by atoms with Crippen molar-refractivity contribution in [2.45, 2.75) is 6.17 Å². The summed E-state index contributed by atoms with van der Waals surface area (Å²) >= 11 is 1.88. The third kappa shape index (κ3) is 5.33. The van der Waals surface area contributed by atoms with E-state index in [1.807, 2.05) is 35.6 Å². The average molecular weight is 720 g/mol. The quantitative estimate of drug-likeness (QED) is 0.177. The maximum Gasteiger partial charge on any atom is 0.159 e. The van der Waals surface area contributed by atoms with Gasteiger partial charge in [0.1, 0.15) is 12.0 Å². The fourth-order valence-corrected chi connectivity index (χ4v) is 9.60. The summed E-state index contributed by atoms with van der Waals surface area (Å²) in [6, 6.07) is 67.6. The van der Waals surface area contributed by atoms with Gasteiger partial charge in [-0.05, 0) is 72.8 Å². The Morgan fingerprint density at radius 3 is 1.75 bits per heavy atom. The summed E-state index contributed by atoms with van der Waals surface area (Å²) < 4.78 is 2.59. The van der Waals surface area contributed by atoms with Crippen molar-refractivity contribution in [3.63, 3.8) is 0 Å². The molecule has 258 valence electrons. The highest BCUT2D eigenvalue weighted by atomic mass is 32.1. The minimum Gasteiger partial charge on any atom is -0.344 e. The van der Waals surface area contributed by atoms with Crippen LogP contribution in [0.25, 0.3) is 74.7 Å². The van der Waals surface area contributed by atoms with Gasteiger partial charge in [0.15, 0.2) is 5.84 Å². The molecule has 1 aliphatic heterocycles. The molecule has 1 aromatic heterocycles. The minimum absolute atomic E-state index is 0.262. The number of amidine groups is 2. The molecule has 0 amide bonds. The smallest absolute Gasteiger partial charge is 0.159 e. The van der Waals surface area contributed by atoms with Crippen LogP contribution in [0.4, 0.5) is 0 Å². The molecule has 2 heterocycles. The van der Waals surface area contributed by atoms with Gasteiger partial charge in [0, 0.05) is 36.9 Å². The zero-order chi connectivity index (χ0) is 36.3. The predicted molar refractivity (Wildman–Crippen MR) is 235 cm³/mol. The van der Waals surface area contributed by atoms with Crippen molar-refractivity contribution in [3.05, 3.63) is 205 Å². The second-order valence-corrected chi connectivity index (χ2v) is 15.2. The van der Waals surface area contributed by atoms with E-state index in [0.29, 0.717) is 0 Å². The van der Waals surface area contributed by atoms with Crippen molar-refractivity contribution < 1.29 is 0 Å². The van der Waals surface area contributed by atoms with E-state index in [9.17, 15) is 0 Å². The second kappa shape index (κ2) is 12.9. The van der Waals surface area contributed by atoms with Gasteiger partial charge in [0.25, 0.3) is 0 Å². The number of benzene rings is 9. The van der Waals surface area contributed by atoms with E-state index >= 15 is 0 Å². The van der Waals surface area contributed by atoms with E-state index in [1.54, 1.807) is 0 Å². The van der Waals surface area contributed by atoms with Crippen LogP contribution < -0.4 is 5.32 Å².